The molecule has 0 spiro atoms. The minimum atomic E-state index is -0.185. The van der Waals surface area contributed by atoms with Gasteiger partial charge in [0.05, 0.1) is 17.3 Å². The van der Waals surface area contributed by atoms with Crippen LogP contribution in [0.4, 0.5) is 0 Å². The number of fused-ring (bicyclic) bond motifs is 1. The number of pyridine rings is 1. The first-order valence-electron chi connectivity index (χ1n) is 12.0. The van der Waals surface area contributed by atoms with Crippen LogP contribution in [-0.4, -0.2) is 49.3 Å². The topological polar surface area (TPSA) is 87.0 Å². The van der Waals surface area contributed by atoms with Crippen molar-refractivity contribution in [2.45, 2.75) is 51.4 Å². The molecule has 1 atom stereocenters. The number of hydrogen-bond acceptors (Lipinski definition) is 7. The lowest BCUT2D eigenvalue weighted by molar-refractivity contribution is 0.194. The summed E-state index contributed by atoms with van der Waals surface area (Å²) in [7, 11) is 0. The first-order chi connectivity index (χ1) is 17.0. The molecule has 0 bridgehead atoms. The van der Waals surface area contributed by atoms with Gasteiger partial charge in [0.15, 0.2) is 11.2 Å². The fourth-order valence-electron chi connectivity index (χ4n) is 4.38. The van der Waals surface area contributed by atoms with Crippen molar-refractivity contribution < 1.29 is 9.47 Å². The zero-order valence-electron chi connectivity index (χ0n) is 19.8. The lowest BCUT2D eigenvalue weighted by atomic mass is 10.2. The van der Waals surface area contributed by atoms with Gasteiger partial charge in [-0.1, -0.05) is 11.6 Å². The molecule has 9 heteroatoms. The minimum absolute atomic E-state index is 0.160. The van der Waals surface area contributed by atoms with E-state index in [0.29, 0.717) is 34.4 Å². The molecule has 8 nitrogen and oxygen atoms in total. The average Bonchev–Trinajstić information content (AvgIpc) is 3.19. The molecule has 35 heavy (non-hydrogen) atoms. The average molecular weight is 491 g/mol. The van der Waals surface area contributed by atoms with E-state index in [1.54, 1.807) is 0 Å². The maximum absolute atomic E-state index is 6.80. The Kier molecular flexibility index (Phi) is 5.57. The summed E-state index contributed by atoms with van der Waals surface area (Å²) in [6.45, 7) is 6.45. The summed E-state index contributed by atoms with van der Waals surface area (Å²) in [5.74, 6) is 1.94. The van der Waals surface area contributed by atoms with Crippen LogP contribution in [0.1, 0.15) is 37.4 Å². The van der Waals surface area contributed by atoms with Gasteiger partial charge in [0.1, 0.15) is 29.6 Å². The van der Waals surface area contributed by atoms with Gasteiger partial charge in [0, 0.05) is 18.3 Å². The first-order valence-corrected chi connectivity index (χ1v) is 12.3. The number of benzene rings is 1. The van der Waals surface area contributed by atoms with E-state index in [1.165, 1.54) is 6.33 Å². The highest BCUT2D eigenvalue weighted by Crippen LogP contribution is 2.41. The van der Waals surface area contributed by atoms with E-state index in [1.807, 2.05) is 35.0 Å². The third-order valence-electron chi connectivity index (χ3n) is 6.59. The summed E-state index contributed by atoms with van der Waals surface area (Å²) in [6, 6.07) is 9.81. The molecule has 3 aromatic heterocycles. The van der Waals surface area contributed by atoms with Crippen LogP contribution in [0, 0.1) is 6.92 Å². The summed E-state index contributed by atoms with van der Waals surface area (Å²) in [5.41, 5.74) is 3.96. The van der Waals surface area contributed by atoms with Crippen LogP contribution in [0.2, 0.25) is 5.02 Å². The number of rotatable bonds is 7. The van der Waals surface area contributed by atoms with Crippen molar-refractivity contribution in [2.75, 3.05) is 13.1 Å². The molecule has 1 saturated carbocycles. The van der Waals surface area contributed by atoms with Crippen LogP contribution >= 0.6 is 11.6 Å². The Labute approximate surface area is 208 Å². The van der Waals surface area contributed by atoms with Crippen molar-refractivity contribution in [3.05, 3.63) is 59.1 Å². The zero-order valence-corrected chi connectivity index (χ0v) is 20.5. The van der Waals surface area contributed by atoms with E-state index in [-0.39, 0.29) is 11.7 Å². The number of hydrogen-bond donors (Lipinski definition) is 1. The van der Waals surface area contributed by atoms with E-state index >= 15 is 0 Å². The third-order valence-corrected chi connectivity index (χ3v) is 6.90. The molecular weight excluding hydrogens is 464 g/mol. The Morgan fingerprint density at radius 1 is 1.17 bits per heavy atom. The molecule has 4 heterocycles. The highest BCUT2D eigenvalue weighted by atomic mass is 35.5. The Morgan fingerprint density at radius 2 is 2.06 bits per heavy atom. The molecule has 0 unspecified atom stereocenters. The first kappa shape index (κ1) is 22.2. The van der Waals surface area contributed by atoms with Crippen LogP contribution < -0.4 is 14.8 Å². The zero-order chi connectivity index (χ0) is 24.0. The van der Waals surface area contributed by atoms with Crippen LogP contribution in [-0.2, 0) is 6.54 Å². The van der Waals surface area contributed by atoms with Gasteiger partial charge in [-0.15, -0.1) is 0 Å². The highest BCUT2D eigenvalue weighted by molar-refractivity contribution is 6.33. The fourth-order valence-corrected chi connectivity index (χ4v) is 4.63. The van der Waals surface area contributed by atoms with Crippen LogP contribution in [0.25, 0.3) is 22.6 Å². The van der Waals surface area contributed by atoms with Gasteiger partial charge in [0.25, 0.3) is 0 Å². The summed E-state index contributed by atoms with van der Waals surface area (Å²) in [5, 5.41) is 3.88. The second kappa shape index (κ2) is 8.77. The maximum Gasteiger partial charge on any atom is 0.245 e. The molecule has 1 aromatic carbocycles. The Balaban J connectivity index is 1.44. The predicted octanol–water partition coefficient (Wildman–Crippen LogP) is 4.57. The highest BCUT2D eigenvalue weighted by Gasteiger charge is 2.41. The van der Waals surface area contributed by atoms with Crippen molar-refractivity contribution in [3.63, 3.8) is 0 Å². The number of aromatic nitrogens is 5. The molecule has 1 saturated heterocycles. The van der Waals surface area contributed by atoms with Crippen molar-refractivity contribution in [1.29, 1.82) is 0 Å². The number of aryl methyl sites for hydroxylation is 1. The number of imidazole rings is 1. The summed E-state index contributed by atoms with van der Waals surface area (Å²) < 4.78 is 14.4. The summed E-state index contributed by atoms with van der Waals surface area (Å²) in [4.78, 5) is 18.5. The van der Waals surface area contributed by atoms with Crippen molar-refractivity contribution >= 4 is 22.8 Å². The summed E-state index contributed by atoms with van der Waals surface area (Å²) >= 11 is 6.80. The number of ether oxygens (including phenoxy) is 2. The van der Waals surface area contributed by atoms with Gasteiger partial charge in [-0.05, 0) is 75.5 Å². The number of halogens is 1. The summed E-state index contributed by atoms with van der Waals surface area (Å²) in [6.07, 6.45) is 6.50. The van der Waals surface area contributed by atoms with Crippen LogP contribution in [0.3, 0.4) is 0 Å². The molecular formula is C26H27ClN6O2. The molecule has 4 aromatic rings. The Hall–Kier alpha value is -3.23. The van der Waals surface area contributed by atoms with E-state index in [2.05, 4.69) is 40.2 Å². The van der Waals surface area contributed by atoms with Crippen LogP contribution in [0.5, 0.6) is 11.6 Å². The Morgan fingerprint density at radius 3 is 2.80 bits per heavy atom. The smallest absolute Gasteiger partial charge is 0.245 e. The van der Waals surface area contributed by atoms with E-state index in [4.69, 9.17) is 26.1 Å². The molecule has 2 fully saturated rings. The molecule has 6 rings (SSSR count). The van der Waals surface area contributed by atoms with Crippen molar-refractivity contribution in [1.82, 2.24) is 29.8 Å². The molecule has 1 N–H and O–H groups in total. The molecule has 180 valence electrons. The van der Waals surface area contributed by atoms with Gasteiger partial charge < -0.3 is 19.4 Å². The molecule has 0 radical (unpaired) electrons. The number of nitrogens with zero attached hydrogens (tertiary/aromatic N) is 5. The lowest BCUT2D eigenvalue weighted by Gasteiger charge is -2.14. The SMILES string of the molecule is Cc1ccnc(Cn2c(-c3ccc(O[C@H]4CCNC4)cc3Cl)nc3c(OC4(C)CC4)ncnc32)c1. The van der Waals surface area contributed by atoms with Gasteiger partial charge in [-0.25, -0.2) is 9.97 Å². The lowest BCUT2D eigenvalue weighted by Crippen LogP contribution is -2.19. The Bertz CT molecular complexity index is 1390. The molecule has 1 aliphatic heterocycles. The second-order valence-corrected chi connectivity index (χ2v) is 10.0. The van der Waals surface area contributed by atoms with Crippen LogP contribution in [0.15, 0.2) is 42.9 Å². The normalized spacial score (nSPS) is 18.7. The quantitative estimate of drug-likeness (QED) is 0.406. The number of nitrogens with one attached hydrogen (secondary N) is 1. The molecule has 1 aliphatic carbocycles. The second-order valence-electron chi connectivity index (χ2n) is 9.62. The minimum Gasteiger partial charge on any atom is -0.489 e. The van der Waals surface area contributed by atoms with Gasteiger partial charge in [0.2, 0.25) is 5.88 Å². The standard InChI is InChI=1S/C26H27ClN6O2/c1-16-5-10-29-17(11-16)14-33-23(20-4-3-18(12-21(20)27)34-19-6-9-28-13-19)32-22-24(33)30-15-31-25(22)35-26(2)7-8-26/h3-5,10-12,15,19,28H,6-9,13-14H2,1-2H3/t19-/m0/s1. The fraction of sp³-hybridized carbons (Fsp3) is 0.385. The monoisotopic (exact) mass is 490 g/mol. The van der Waals surface area contributed by atoms with Gasteiger partial charge >= 0.3 is 0 Å². The largest absolute Gasteiger partial charge is 0.489 e. The van der Waals surface area contributed by atoms with E-state index in [9.17, 15) is 0 Å². The van der Waals surface area contributed by atoms with Gasteiger partial charge in [-0.3, -0.25) is 4.98 Å². The third kappa shape index (κ3) is 4.56. The maximum atomic E-state index is 6.80. The van der Waals surface area contributed by atoms with Gasteiger partial charge in [-0.2, -0.15) is 4.98 Å². The molecule has 0 amide bonds. The van der Waals surface area contributed by atoms with Crippen molar-refractivity contribution in [3.8, 4) is 23.0 Å². The predicted molar refractivity (Wildman–Crippen MR) is 134 cm³/mol. The van der Waals surface area contributed by atoms with E-state index < -0.39 is 0 Å². The van der Waals surface area contributed by atoms with E-state index in [0.717, 1.165) is 54.9 Å². The van der Waals surface area contributed by atoms with Crippen molar-refractivity contribution in [2.24, 2.45) is 0 Å². The molecule has 2 aliphatic rings.